The van der Waals surface area contributed by atoms with Crippen LogP contribution >= 0.6 is 11.5 Å². The molecule has 0 bridgehead atoms. The van der Waals surface area contributed by atoms with Crippen molar-refractivity contribution >= 4 is 16.7 Å². The molecule has 7 nitrogen and oxygen atoms in total. The highest BCUT2D eigenvalue weighted by molar-refractivity contribution is 7.09. The normalized spacial score (nSPS) is 17.3. The molecule has 1 aliphatic carbocycles. The highest BCUT2D eigenvalue weighted by atomic mass is 32.1. The Balaban J connectivity index is 1.38. The molecule has 2 aliphatic rings. The Kier molecular flexibility index (Phi) is 3.86. The van der Waals surface area contributed by atoms with Gasteiger partial charge in [0.15, 0.2) is 5.82 Å². The molecule has 2 aromatic heterocycles. The predicted octanol–water partition coefficient (Wildman–Crippen LogP) is 0.866. The highest BCUT2D eigenvalue weighted by Crippen LogP contribution is 2.27. The van der Waals surface area contributed by atoms with E-state index in [2.05, 4.69) is 19.4 Å². The molecule has 1 saturated heterocycles. The van der Waals surface area contributed by atoms with Gasteiger partial charge in [-0.2, -0.15) is 9.47 Å². The monoisotopic (exact) mass is 333 g/mol. The van der Waals surface area contributed by atoms with Crippen LogP contribution in [0.15, 0.2) is 10.9 Å². The van der Waals surface area contributed by atoms with E-state index in [9.17, 15) is 4.79 Å². The Morgan fingerprint density at radius 3 is 3.09 bits per heavy atom. The van der Waals surface area contributed by atoms with Crippen molar-refractivity contribution in [2.24, 2.45) is 5.92 Å². The van der Waals surface area contributed by atoms with Crippen molar-refractivity contribution in [1.82, 2.24) is 19.1 Å². The second-order valence-electron chi connectivity index (χ2n) is 6.19. The summed E-state index contributed by atoms with van der Waals surface area (Å²) in [4.78, 5) is 18.8. The van der Waals surface area contributed by atoms with E-state index in [1.807, 2.05) is 0 Å². The van der Waals surface area contributed by atoms with Gasteiger partial charge in [0.05, 0.1) is 12.2 Å². The molecule has 0 saturated carbocycles. The van der Waals surface area contributed by atoms with Crippen LogP contribution in [-0.2, 0) is 30.7 Å². The summed E-state index contributed by atoms with van der Waals surface area (Å²) in [5, 5.41) is 5.48. The summed E-state index contributed by atoms with van der Waals surface area (Å²) < 4.78 is 10.9. The topological polar surface area (TPSA) is 73.1 Å². The average molecular weight is 333 g/mol. The maximum absolute atomic E-state index is 12.1. The van der Waals surface area contributed by atoms with Crippen LogP contribution < -0.4 is 10.5 Å². The highest BCUT2D eigenvalue weighted by Gasteiger charge is 2.30. The van der Waals surface area contributed by atoms with Crippen LogP contribution in [0.5, 0.6) is 0 Å². The van der Waals surface area contributed by atoms with Gasteiger partial charge in [-0.25, -0.2) is 9.67 Å². The number of anilines is 1. The summed E-state index contributed by atoms with van der Waals surface area (Å²) in [6, 6.07) is 1.77. The van der Waals surface area contributed by atoms with Gasteiger partial charge in [0.2, 0.25) is 5.13 Å². The van der Waals surface area contributed by atoms with E-state index in [4.69, 9.17) is 4.74 Å². The summed E-state index contributed by atoms with van der Waals surface area (Å²) in [6.45, 7) is 2.92. The summed E-state index contributed by atoms with van der Waals surface area (Å²) in [6.07, 6.45) is 3.11. The predicted molar refractivity (Wildman–Crippen MR) is 86.8 cm³/mol. The van der Waals surface area contributed by atoms with Crippen LogP contribution in [0.1, 0.15) is 23.5 Å². The Hall–Kier alpha value is -1.80. The van der Waals surface area contributed by atoms with Crippen LogP contribution in [0, 0.1) is 5.92 Å². The van der Waals surface area contributed by atoms with Gasteiger partial charge >= 0.3 is 0 Å². The molecule has 0 radical (unpaired) electrons. The molecule has 0 N–H and O–H groups in total. The number of rotatable bonds is 5. The zero-order valence-electron chi connectivity index (χ0n) is 13.1. The van der Waals surface area contributed by atoms with Crippen LogP contribution in [0.3, 0.4) is 0 Å². The molecule has 1 aliphatic heterocycles. The summed E-state index contributed by atoms with van der Waals surface area (Å²) in [5.41, 5.74) is 2.28. The maximum Gasteiger partial charge on any atom is 0.267 e. The van der Waals surface area contributed by atoms with Crippen molar-refractivity contribution in [3.05, 3.63) is 33.5 Å². The maximum atomic E-state index is 12.1. The summed E-state index contributed by atoms with van der Waals surface area (Å²) in [7, 11) is 1.64. The van der Waals surface area contributed by atoms with Gasteiger partial charge in [-0.1, -0.05) is 0 Å². The molecule has 4 rings (SSSR count). The SMILES string of the molecule is COCc1nsc(N2CC(Cn3nc4c(cc3=O)CCC4)C2)n1. The van der Waals surface area contributed by atoms with E-state index in [1.54, 1.807) is 17.9 Å². The molecule has 1 fully saturated rings. The third kappa shape index (κ3) is 2.88. The minimum atomic E-state index is 0.0300. The van der Waals surface area contributed by atoms with Crippen molar-refractivity contribution in [3.63, 3.8) is 0 Å². The van der Waals surface area contributed by atoms with Crippen LogP contribution in [0.25, 0.3) is 0 Å². The van der Waals surface area contributed by atoms with Gasteiger partial charge in [0, 0.05) is 43.7 Å². The lowest BCUT2D eigenvalue weighted by atomic mass is 10.0. The fourth-order valence-corrected chi connectivity index (χ4v) is 3.91. The number of fused-ring (bicyclic) bond motifs is 1. The number of ether oxygens (including phenoxy) is 1. The Morgan fingerprint density at radius 2 is 2.26 bits per heavy atom. The first kappa shape index (κ1) is 14.8. The molecule has 0 spiro atoms. The molecule has 8 heteroatoms. The number of aryl methyl sites for hydroxylation is 2. The second-order valence-corrected chi connectivity index (χ2v) is 6.92. The average Bonchev–Trinajstić information content (AvgIpc) is 3.11. The van der Waals surface area contributed by atoms with Crippen molar-refractivity contribution in [2.75, 3.05) is 25.1 Å². The largest absolute Gasteiger partial charge is 0.377 e. The molecule has 0 amide bonds. The quantitative estimate of drug-likeness (QED) is 0.808. The van der Waals surface area contributed by atoms with Gasteiger partial charge in [-0.05, 0) is 24.8 Å². The van der Waals surface area contributed by atoms with Crippen LogP contribution in [0.2, 0.25) is 0 Å². The van der Waals surface area contributed by atoms with E-state index in [-0.39, 0.29) is 5.56 Å². The minimum Gasteiger partial charge on any atom is -0.377 e. The molecule has 0 atom stereocenters. The number of hydrogen-bond acceptors (Lipinski definition) is 7. The molecular weight excluding hydrogens is 314 g/mol. The number of aromatic nitrogens is 4. The summed E-state index contributed by atoms with van der Waals surface area (Å²) in [5.74, 6) is 1.17. The van der Waals surface area contributed by atoms with Gasteiger partial charge in [0.1, 0.15) is 6.61 Å². The lowest BCUT2D eigenvalue weighted by Crippen LogP contribution is -2.49. The molecule has 0 aromatic carbocycles. The molecule has 0 unspecified atom stereocenters. The fourth-order valence-electron chi connectivity index (χ4n) is 3.22. The van der Waals surface area contributed by atoms with E-state index in [1.165, 1.54) is 11.5 Å². The van der Waals surface area contributed by atoms with E-state index in [0.717, 1.165) is 54.6 Å². The van der Waals surface area contributed by atoms with Crippen LogP contribution in [0.4, 0.5) is 5.13 Å². The number of nitrogens with zero attached hydrogens (tertiary/aromatic N) is 5. The van der Waals surface area contributed by atoms with Gasteiger partial charge in [-0.15, -0.1) is 0 Å². The Morgan fingerprint density at radius 1 is 1.39 bits per heavy atom. The first-order valence-electron chi connectivity index (χ1n) is 7.89. The van der Waals surface area contributed by atoms with Crippen molar-refractivity contribution < 1.29 is 4.74 Å². The lowest BCUT2D eigenvalue weighted by Gasteiger charge is -2.38. The van der Waals surface area contributed by atoms with Crippen molar-refractivity contribution in [1.29, 1.82) is 0 Å². The zero-order chi connectivity index (χ0) is 15.8. The zero-order valence-corrected chi connectivity index (χ0v) is 13.9. The molecular formula is C15H19N5O2S. The smallest absolute Gasteiger partial charge is 0.267 e. The molecule has 3 heterocycles. The van der Waals surface area contributed by atoms with E-state index >= 15 is 0 Å². The number of methoxy groups -OCH3 is 1. The molecule has 122 valence electrons. The van der Waals surface area contributed by atoms with Gasteiger partial charge in [-0.3, -0.25) is 4.79 Å². The lowest BCUT2D eigenvalue weighted by molar-refractivity contribution is 0.179. The second kappa shape index (κ2) is 6.01. The number of hydrogen-bond donors (Lipinski definition) is 0. The van der Waals surface area contributed by atoms with Crippen LogP contribution in [-0.4, -0.2) is 39.3 Å². The standard InChI is InChI=1S/C15H19N5O2S/c1-22-9-13-16-15(23-18-13)19-6-10(7-19)8-20-14(21)5-11-3-2-4-12(11)17-20/h5,10H,2-4,6-9H2,1H3. The third-order valence-corrected chi connectivity index (χ3v) is 5.23. The first-order chi connectivity index (χ1) is 11.2. The third-order valence-electron chi connectivity index (χ3n) is 4.41. The van der Waals surface area contributed by atoms with E-state index in [0.29, 0.717) is 19.1 Å². The van der Waals surface area contributed by atoms with Crippen molar-refractivity contribution in [3.8, 4) is 0 Å². The first-order valence-corrected chi connectivity index (χ1v) is 8.66. The summed E-state index contributed by atoms with van der Waals surface area (Å²) >= 11 is 1.40. The Labute approximate surface area is 138 Å². The Bertz CT molecular complexity index is 765. The van der Waals surface area contributed by atoms with Gasteiger partial charge < -0.3 is 9.64 Å². The minimum absolute atomic E-state index is 0.0300. The molecule has 23 heavy (non-hydrogen) atoms. The molecule has 2 aromatic rings. The van der Waals surface area contributed by atoms with E-state index < -0.39 is 0 Å². The van der Waals surface area contributed by atoms with Crippen molar-refractivity contribution in [2.45, 2.75) is 32.4 Å². The fraction of sp³-hybridized carbons (Fsp3) is 0.600. The van der Waals surface area contributed by atoms with Gasteiger partial charge in [0.25, 0.3) is 5.56 Å².